The number of aryl methyl sites for hydroxylation is 2. The number of nitrogens with zero attached hydrogens (tertiary/aromatic N) is 1. The number of hydrogen-bond donors (Lipinski definition) is 2. The summed E-state index contributed by atoms with van der Waals surface area (Å²) in [4.78, 5) is 16.4. The average Bonchev–Trinajstić information content (AvgIpc) is 2.90. The Balaban J connectivity index is 1.60. The van der Waals surface area contributed by atoms with Gasteiger partial charge in [-0.3, -0.25) is 4.79 Å². The van der Waals surface area contributed by atoms with Gasteiger partial charge in [0, 0.05) is 18.8 Å². The fraction of sp³-hybridized carbons (Fsp3) is 0.522. The fourth-order valence-electron chi connectivity index (χ4n) is 4.89. The molecule has 1 aromatic heterocycles. The van der Waals surface area contributed by atoms with Crippen molar-refractivity contribution >= 4 is 15.9 Å². The van der Waals surface area contributed by atoms with Crippen LogP contribution in [0, 0.1) is 13.8 Å². The minimum Gasteiger partial charge on any atom is -0.353 e. The van der Waals surface area contributed by atoms with E-state index in [0.29, 0.717) is 30.0 Å². The lowest BCUT2D eigenvalue weighted by Gasteiger charge is -2.26. The minimum absolute atomic E-state index is 0.0453. The van der Waals surface area contributed by atoms with Crippen LogP contribution in [0.4, 0.5) is 0 Å². The van der Waals surface area contributed by atoms with E-state index in [1.165, 1.54) is 5.56 Å². The van der Waals surface area contributed by atoms with Crippen molar-refractivity contribution in [1.82, 2.24) is 14.6 Å². The highest BCUT2D eigenvalue weighted by atomic mass is 32.2. The Hall–Kier alpha value is -2.12. The molecule has 162 valence electrons. The highest BCUT2D eigenvalue weighted by Gasteiger charge is 2.32. The molecule has 1 saturated heterocycles. The third-order valence-corrected chi connectivity index (χ3v) is 8.61. The zero-order valence-corrected chi connectivity index (χ0v) is 18.6. The molecule has 1 aliphatic carbocycles. The standard InChI is InChI=1S/C23H31N3O3S/c1-16-21(23(27)25-20-13-9-11-18-10-5-6-12-19(18)20)24-17(2)22(16)30(28,29)26-14-7-3-4-8-15-26/h5-6,10,12,20,24H,3-4,7-9,11,13-15H2,1-2H3,(H,25,27)/t20-/m1/s1. The van der Waals surface area contributed by atoms with Gasteiger partial charge in [0.1, 0.15) is 10.6 Å². The normalized spacial score (nSPS) is 20.4. The highest BCUT2D eigenvalue weighted by Crippen LogP contribution is 2.31. The van der Waals surface area contributed by atoms with Gasteiger partial charge in [-0.15, -0.1) is 0 Å². The summed E-state index contributed by atoms with van der Waals surface area (Å²) in [6.45, 7) is 4.57. The van der Waals surface area contributed by atoms with E-state index in [1.807, 2.05) is 12.1 Å². The molecule has 0 radical (unpaired) electrons. The predicted octanol–water partition coefficient (Wildman–Crippen LogP) is 4.00. The molecule has 7 heteroatoms. The number of nitrogens with one attached hydrogen (secondary N) is 2. The second-order valence-electron chi connectivity index (χ2n) is 8.51. The maximum absolute atomic E-state index is 13.3. The first-order chi connectivity index (χ1) is 14.4. The summed E-state index contributed by atoms with van der Waals surface area (Å²) in [5.41, 5.74) is 3.83. The lowest BCUT2D eigenvalue weighted by molar-refractivity contribution is 0.0927. The molecular formula is C23H31N3O3S. The van der Waals surface area contributed by atoms with Crippen molar-refractivity contribution in [2.45, 2.75) is 69.7 Å². The van der Waals surface area contributed by atoms with E-state index in [1.54, 1.807) is 18.2 Å². The molecule has 0 spiro atoms. The van der Waals surface area contributed by atoms with Crippen LogP contribution in [0.25, 0.3) is 0 Å². The van der Waals surface area contributed by atoms with Crippen molar-refractivity contribution in [3.05, 3.63) is 52.3 Å². The van der Waals surface area contributed by atoms with Crippen LogP contribution >= 0.6 is 0 Å². The summed E-state index contributed by atoms with van der Waals surface area (Å²) < 4.78 is 28.3. The van der Waals surface area contributed by atoms with Gasteiger partial charge in [-0.1, -0.05) is 37.1 Å². The number of carbonyl (C=O) groups is 1. The number of rotatable bonds is 4. The van der Waals surface area contributed by atoms with Crippen LogP contribution in [0.15, 0.2) is 29.2 Å². The lowest BCUT2D eigenvalue weighted by Crippen LogP contribution is -2.33. The van der Waals surface area contributed by atoms with Gasteiger partial charge in [0.25, 0.3) is 5.91 Å². The van der Waals surface area contributed by atoms with Crippen LogP contribution in [-0.4, -0.2) is 36.7 Å². The highest BCUT2D eigenvalue weighted by molar-refractivity contribution is 7.89. The maximum atomic E-state index is 13.3. The fourth-order valence-corrected chi connectivity index (χ4v) is 6.82. The molecule has 1 fully saturated rings. The smallest absolute Gasteiger partial charge is 0.268 e. The summed E-state index contributed by atoms with van der Waals surface area (Å²) in [5.74, 6) is -0.241. The molecule has 1 amide bonds. The van der Waals surface area contributed by atoms with Crippen molar-refractivity contribution in [2.24, 2.45) is 0 Å². The Morgan fingerprint density at radius 3 is 2.50 bits per heavy atom. The molecule has 2 N–H and O–H groups in total. The number of amides is 1. The van der Waals surface area contributed by atoms with Gasteiger partial charge in [-0.2, -0.15) is 4.31 Å². The first-order valence-corrected chi connectivity index (χ1v) is 12.4. The molecule has 0 bridgehead atoms. The van der Waals surface area contributed by atoms with E-state index in [0.717, 1.165) is 50.5 Å². The Morgan fingerprint density at radius 2 is 1.77 bits per heavy atom. The van der Waals surface area contributed by atoms with Gasteiger partial charge in [0.05, 0.1) is 6.04 Å². The Morgan fingerprint density at radius 1 is 1.07 bits per heavy atom. The summed E-state index contributed by atoms with van der Waals surface area (Å²) >= 11 is 0. The molecule has 30 heavy (non-hydrogen) atoms. The predicted molar refractivity (Wildman–Crippen MR) is 117 cm³/mol. The van der Waals surface area contributed by atoms with Crippen LogP contribution in [0.5, 0.6) is 0 Å². The molecule has 1 aliphatic heterocycles. The molecule has 0 unspecified atom stereocenters. The zero-order chi connectivity index (χ0) is 21.3. The Bertz CT molecular complexity index is 1030. The zero-order valence-electron chi connectivity index (χ0n) is 17.8. The molecule has 2 aromatic rings. The minimum atomic E-state index is -3.62. The molecule has 1 atom stereocenters. The topological polar surface area (TPSA) is 82.3 Å². The van der Waals surface area contributed by atoms with Gasteiger partial charge >= 0.3 is 0 Å². The molecule has 6 nitrogen and oxygen atoms in total. The van der Waals surface area contributed by atoms with Crippen LogP contribution in [-0.2, 0) is 16.4 Å². The van der Waals surface area contributed by atoms with E-state index in [4.69, 9.17) is 0 Å². The number of H-pyrrole nitrogens is 1. The number of sulfonamides is 1. The van der Waals surface area contributed by atoms with Gasteiger partial charge < -0.3 is 10.3 Å². The molecule has 2 aliphatic rings. The largest absolute Gasteiger partial charge is 0.353 e. The van der Waals surface area contributed by atoms with E-state index in [9.17, 15) is 13.2 Å². The quantitative estimate of drug-likeness (QED) is 0.771. The molecule has 4 rings (SSSR count). The second kappa shape index (κ2) is 8.55. The number of aromatic nitrogens is 1. The van der Waals surface area contributed by atoms with Crippen molar-refractivity contribution < 1.29 is 13.2 Å². The van der Waals surface area contributed by atoms with Crippen molar-refractivity contribution in [3.8, 4) is 0 Å². The summed E-state index contributed by atoms with van der Waals surface area (Å²) in [6, 6.07) is 8.17. The van der Waals surface area contributed by atoms with Crippen molar-refractivity contribution in [3.63, 3.8) is 0 Å². The summed E-state index contributed by atoms with van der Waals surface area (Å²) in [5, 5.41) is 3.14. The van der Waals surface area contributed by atoms with E-state index >= 15 is 0 Å². The Kier molecular flexibility index (Phi) is 6.02. The third-order valence-electron chi connectivity index (χ3n) is 6.43. The number of carbonyl (C=O) groups excluding carboxylic acids is 1. The monoisotopic (exact) mass is 429 g/mol. The lowest BCUT2D eigenvalue weighted by atomic mass is 9.87. The van der Waals surface area contributed by atoms with E-state index in [2.05, 4.69) is 22.4 Å². The van der Waals surface area contributed by atoms with E-state index in [-0.39, 0.29) is 16.8 Å². The van der Waals surface area contributed by atoms with Gasteiger partial charge in [-0.25, -0.2) is 8.42 Å². The molecular weight excluding hydrogens is 398 g/mol. The number of benzene rings is 1. The first-order valence-electron chi connectivity index (χ1n) is 11.0. The Labute approximate surface area is 179 Å². The van der Waals surface area contributed by atoms with Crippen LogP contribution in [0.3, 0.4) is 0 Å². The molecule has 0 saturated carbocycles. The molecule has 2 heterocycles. The van der Waals surface area contributed by atoms with Crippen LogP contribution in [0.1, 0.15) is 77.4 Å². The average molecular weight is 430 g/mol. The summed E-state index contributed by atoms with van der Waals surface area (Å²) in [7, 11) is -3.62. The first kappa shape index (κ1) is 21.1. The van der Waals surface area contributed by atoms with E-state index < -0.39 is 10.0 Å². The van der Waals surface area contributed by atoms with Crippen LogP contribution in [0.2, 0.25) is 0 Å². The van der Waals surface area contributed by atoms with Crippen LogP contribution < -0.4 is 5.32 Å². The van der Waals surface area contributed by atoms with Gasteiger partial charge in [0.2, 0.25) is 10.0 Å². The van der Waals surface area contributed by atoms with Crippen molar-refractivity contribution in [2.75, 3.05) is 13.1 Å². The SMILES string of the molecule is Cc1[nH]c(C(=O)N[C@@H]2CCCc3ccccc32)c(C)c1S(=O)(=O)N1CCCCCC1. The number of aromatic amines is 1. The second-order valence-corrected chi connectivity index (χ2v) is 10.4. The maximum Gasteiger partial charge on any atom is 0.268 e. The number of fused-ring (bicyclic) bond motifs is 1. The van der Waals surface area contributed by atoms with Crippen molar-refractivity contribution in [1.29, 1.82) is 0 Å². The molecule has 1 aromatic carbocycles. The van der Waals surface area contributed by atoms with Gasteiger partial charge in [-0.05, 0) is 62.6 Å². The summed E-state index contributed by atoms with van der Waals surface area (Å²) in [6.07, 6.45) is 6.84. The number of hydrogen-bond acceptors (Lipinski definition) is 3. The third kappa shape index (κ3) is 3.93. The van der Waals surface area contributed by atoms with Gasteiger partial charge in [0.15, 0.2) is 0 Å².